The number of carbonyl (C=O) groups is 2. The number of Topliss-reactive ketones (excluding diaryl/α,β-unsaturated/α-hetero) is 1. The van der Waals surface area contributed by atoms with Crippen LogP contribution in [0.5, 0.6) is 0 Å². The number of pyridine rings is 1. The Morgan fingerprint density at radius 1 is 1.52 bits per heavy atom. The number of ether oxygens (including phenoxy) is 1. The van der Waals surface area contributed by atoms with Gasteiger partial charge < -0.3 is 21.7 Å². The van der Waals surface area contributed by atoms with E-state index in [2.05, 4.69) is 29.8 Å². The maximum Gasteiger partial charge on any atom is 0.310 e. The fourth-order valence-electron chi connectivity index (χ4n) is 2.75. The number of ketones is 1. The summed E-state index contributed by atoms with van der Waals surface area (Å²) in [6.45, 7) is 6.21. The number of halogens is 2. The smallest absolute Gasteiger partial charge is 0.310 e. The molecule has 1 aromatic rings. The lowest BCUT2D eigenvalue weighted by atomic mass is 9.88. The summed E-state index contributed by atoms with van der Waals surface area (Å²) in [5, 5.41) is 0. The Bertz CT molecular complexity index is 577. The third-order valence-electron chi connectivity index (χ3n) is 4.13. The molecule has 2 rings (SSSR count). The summed E-state index contributed by atoms with van der Waals surface area (Å²) in [6.07, 6.45) is 5.94. The first kappa shape index (κ1) is 20.3. The van der Waals surface area contributed by atoms with E-state index in [0.29, 0.717) is 12.3 Å². The van der Waals surface area contributed by atoms with E-state index in [-0.39, 0.29) is 41.2 Å². The topological polar surface area (TPSA) is 47.2 Å². The van der Waals surface area contributed by atoms with Crippen LogP contribution in [0.2, 0.25) is 0 Å². The number of hydrogen-bond donors (Lipinski definition) is 0. The lowest BCUT2D eigenvalue weighted by molar-refractivity contribution is -0.685. The minimum absolute atomic E-state index is 0. The van der Waals surface area contributed by atoms with Crippen molar-refractivity contribution in [2.24, 2.45) is 11.8 Å². The second-order valence-electron chi connectivity index (χ2n) is 6.64. The largest absolute Gasteiger partial charge is 1.00 e. The van der Waals surface area contributed by atoms with Crippen LogP contribution in [-0.4, -0.2) is 17.4 Å². The second kappa shape index (κ2) is 8.38. The molecule has 0 aliphatic carbocycles. The van der Waals surface area contributed by atoms with Gasteiger partial charge in [-0.3, -0.25) is 9.59 Å². The zero-order valence-electron chi connectivity index (χ0n) is 13.7. The molecule has 2 heterocycles. The van der Waals surface area contributed by atoms with Crippen molar-refractivity contribution in [2.45, 2.75) is 52.2 Å². The van der Waals surface area contributed by atoms with Gasteiger partial charge in [0.05, 0.1) is 10.4 Å². The fraction of sp³-hybridized carbons (Fsp3) is 0.588. The summed E-state index contributed by atoms with van der Waals surface area (Å²) in [5.41, 5.74) is -0.992. The minimum Gasteiger partial charge on any atom is -1.00 e. The van der Waals surface area contributed by atoms with Crippen LogP contribution in [0.3, 0.4) is 0 Å². The third-order valence-corrected chi connectivity index (χ3v) is 4.59. The summed E-state index contributed by atoms with van der Waals surface area (Å²) in [5.74, 6) is 0.114. The molecule has 4 nitrogen and oxygen atoms in total. The molecule has 1 fully saturated rings. The predicted molar refractivity (Wildman–Crippen MR) is 86.0 cm³/mol. The van der Waals surface area contributed by atoms with Gasteiger partial charge in [-0.2, -0.15) is 4.57 Å². The van der Waals surface area contributed by atoms with Gasteiger partial charge in [0.15, 0.2) is 18.0 Å². The van der Waals surface area contributed by atoms with Gasteiger partial charge in [0, 0.05) is 12.5 Å². The highest BCUT2D eigenvalue weighted by Gasteiger charge is 2.49. The molecule has 1 aromatic heterocycles. The van der Waals surface area contributed by atoms with Crippen molar-refractivity contribution in [3.63, 3.8) is 0 Å². The maximum atomic E-state index is 12.6. The summed E-state index contributed by atoms with van der Waals surface area (Å²) in [7, 11) is 0. The van der Waals surface area contributed by atoms with Gasteiger partial charge in [0.1, 0.15) is 0 Å². The highest BCUT2D eigenvalue weighted by Crippen LogP contribution is 2.35. The molecule has 0 radical (unpaired) electrons. The van der Waals surface area contributed by atoms with Crippen molar-refractivity contribution >= 4 is 27.7 Å². The van der Waals surface area contributed by atoms with E-state index >= 15 is 0 Å². The monoisotopic (exact) mass is 447 g/mol. The molecule has 1 aliphatic rings. The number of aromatic nitrogens is 1. The summed E-state index contributed by atoms with van der Waals surface area (Å²) in [6, 6.07) is 3.77. The van der Waals surface area contributed by atoms with Crippen LogP contribution in [0.4, 0.5) is 0 Å². The molecule has 128 valence electrons. The molecule has 1 saturated heterocycles. The molecule has 0 bridgehead atoms. The van der Waals surface area contributed by atoms with Crippen LogP contribution >= 0.6 is 15.9 Å². The molecule has 23 heavy (non-hydrogen) atoms. The number of carbonyl (C=O) groups excluding carboxylic acids is 2. The van der Waals surface area contributed by atoms with Crippen molar-refractivity contribution in [3.05, 3.63) is 29.0 Å². The van der Waals surface area contributed by atoms with E-state index in [1.165, 1.54) is 0 Å². The zero-order chi connectivity index (χ0) is 16.3. The summed E-state index contributed by atoms with van der Waals surface area (Å²) < 4.78 is 8.15. The van der Waals surface area contributed by atoms with Crippen molar-refractivity contribution < 1.29 is 35.9 Å². The first-order chi connectivity index (χ1) is 10.3. The lowest BCUT2D eigenvalue weighted by Crippen LogP contribution is -3.00. The molecule has 0 saturated carbocycles. The molecule has 6 heteroatoms. The lowest BCUT2D eigenvalue weighted by Gasteiger charge is -2.19. The first-order valence-electron chi connectivity index (χ1n) is 7.71. The molecule has 0 amide bonds. The van der Waals surface area contributed by atoms with Crippen LogP contribution in [0, 0.1) is 11.8 Å². The van der Waals surface area contributed by atoms with Gasteiger partial charge in [-0.05, 0) is 41.3 Å². The van der Waals surface area contributed by atoms with Crippen LogP contribution in [0.25, 0.3) is 0 Å². The molecule has 2 unspecified atom stereocenters. The number of esters is 1. The molecule has 0 spiro atoms. The van der Waals surface area contributed by atoms with E-state index in [0.717, 1.165) is 17.3 Å². The number of hydrogen-bond acceptors (Lipinski definition) is 3. The van der Waals surface area contributed by atoms with Crippen molar-refractivity contribution in [1.82, 2.24) is 0 Å². The Labute approximate surface area is 156 Å². The average molecular weight is 449 g/mol. The first-order valence-corrected chi connectivity index (χ1v) is 8.50. The van der Waals surface area contributed by atoms with Crippen molar-refractivity contribution in [1.29, 1.82) is 0 Å². The Balaban J connectivity index is 0.00000264. The van der Waals surface area contributed by atoms with E-state index in [1.54, 1.807) is 11.5 Å². The van der Waals surface area contributed by atoms with Gasteiger partial charge in [-0.25, -0.2) is 0 Å². The quantitative estimate of drug-likeness (QED) is 0.457. The summed E-state index contributed by atoms with van der Waals surface area (Å²) >= 11 is 3.38. The normalized spacial score (nSPS) is 23.5. The molecule has 0 N–H and O–H groups in total. The summed E-state index contributed by atoms with van der Waals surface area (Å²) in [4.78, 5) is 24.6. The van der Waals surface area contributed by atoms with E-state index in [1.807, 2.05) is 24.5 Å². The Hall–Kier alpha value is -0.750. The SMILES string of the molecule is CC(C)CCC1CC(C)(C(=O)C[n+]2cccc(Br)c2)OC1=O.[Br-]. The minimum atomic E-state index is -0.992. The molecular formula is C17H23Br2NO3. The van der Waals surface area contributed by atoms with Crippen LogP contribution in [-0.2, 0) is 20.9 Å². The Kier molecular flexibility index (Phi) is 7.39. The molecule has 1 aliphatic heterocycles. The van der Waals surface area contributed by atoms with Gasteiger partial charge in [0.2, 0.25) is 12.3 Å². The van der Waals surface area contributed by atoms with Gasteiger partial charge in [-0.15, -0.1) is 0 Å². The highest BCUT2D eigenvalue weighted by atomic mass is 79.9. The highest BCUT2D eigenvalue weighted by molar-refractivity contribution is 9.10. The second-order valence-corrected chi connectivity index (χ2v) is 7.56. The van der Waals surface area contributed by atoms with E-state index in [4.69, 9.17) is 4.74 Å². The standard InChI is InChI=1S/C17H23BrNO3.BrH/c1-12(2)6-7-13-9-17(3,22-16(13)21)15(20)11-19-8-4-5-14(18)10-19;/h4-5,8,10,12-13H,6-7,9,11H2,1-3H3;1H/q+1;/p-1. The van der Waals surface area contributed by atoms with Crippen molar-refractivity contribution in [2.75, 3.05) is 0 Å². The Morgan fingerprint density at radius 2 is 2.22 bits per heavy atom. The predicted octanol–water partition coefficient (Wildman–Crippen LogP) is 0.0677. The molecular weight excluding hydrogens is 426 g/mol. The van der Waals surface area contributed by atoms with Crippen LogP contribution in [0.1, 0.15) is 40.0 Å². The average Bonchev–Trinajstić information content (AvgIpc) is 2.72. The zero-order valence-corrected chi connectivity index (χ0v) is 16.9. The third kappa shape index (κ3) is 5.38. The fourth-order valence-corrected chi connectivity index (χ4v) is 3.16. The molecule has 2 atom stereocenters. The van der Waals surface area contributed by atoms with Crippen LogP contribution < -0.4 is 21.5 Å². The Morgan fingerprint density at radius 3 is 2.83 bits per heavy atom. The number of nitrogens with zero attached hydrogens (tertiary/aromatic N) is 1. The van der Waals surface area contributed by atoms with Gasteiger partial charge >= 0.3 is 5.97 Å². The van der Waals surface area contributed by atoms with E-state index in [9.17, 15) is 9.59 Å². The van der Waals surface area contributed by atoms with Gasteiger partial charge in [0.25, 0.3) is 0 Å². The molecule has 0 aromatic carbocycles. The number of rotatable bonds is 6. The van der Waals surface area contributed by atoms with Crippen LogP contribution in [0.15, 0.2) is 29.0 Å². The number of cyclic esters (lactones) is 1. The maximum absolute atomic E-state index is 12.6. The van der Waals surface area contributed by atoms with Gasteiger partial charge in [-0.1, -0.05) is 20.3 Å². The van der Waals surface area contributed by atoms with E-state index < -0.39 is 5.60 Å². The van der Waals surface area contributed by atoms with Crippen molar-refractivity contribution in [3.8, 4) is 0 Å².